The van der Waals surface area contributed by atoms with Crippen molar-refractivity contribution in [1.29, 1.82) is 0 Å². The third-order valence-corrected chi connectivity index (χ3v) is 2.30. The van der Waals surface area contributed by atoms with E-state index in [2.05, 4.69) is 15.3 Å². The highest BCUT2D eigenvalue weighted by Gasteiger charge is 2.11. The van der Waals surface area contributed by atoms with Crippen LogP contribution in [0, 0.1) is 10.1 Å². The van der Waals surface area contributed by atoms with Crippen LogP contribution in [-0.2, 0) is 6.54 Å². The van der Waals surface area contributed by atoms with Crippen LogP contribution in [0.1, 0.15) is 5.56 Å². The maximum absolute atomic E-state index is 10.8. The predicted molar refractivity (Wildman–Crippen MR) is 66.9 cm³/mol. The Morgan fingerprint density at radius 2 is 2.11 bits per heavy atom. The second-order valence-corrected chi connectivity index (χ2v) is 3.57. The van der Waals surface area contributed by atoms with Crippen LogP contribution in [0.15, 0.2) is 36.7 Å². The fraction of sp³-hybridized carbons (Fsp3) is 0.0909. The summed E-state index contributed by atoms with van der Waals surface area (Å²) in [6, 6.07) is 6.52. The number of para-hydroxylation sites is 1. The molecule has 18 heavy (non-hydrogen) atoms. The number of hydrogen-bond donors (Lipinski definition) is 2. The summed E-state index contributed by atoms with van der Waals surface area (Å²) in [5.74, 6) is 0.774. The van der Waals surface area contributed by atoms with E-state index in [1.807, 2.05) is 0 Å². The van der Waals surface area contributed by atoms with Gasteiger partial charge in [-0.15, -0.1) is 0 Å². The van der Waals surface area contributed by atoms with E-state index in [1.54, 1.807) is 18.2 Å². The number of benzene rings is 1. The monoisotopic (exact) mass is 245 g/mol. The molecule has 1 aromatic heterocycles. The van der Waals surface area contributed by atoms with Crippen LogP contribution in [-0.4, -0.2) is 14.9 Å². The van der Waals surface area contributed by atoms with Gasteiger partial charge in [0.1, 0.15) is 11.6 Å². The average molecular weight is 245 g/mol. The molecule has 2 rings (SSSR count). The zero-order valence-electron chi connectivity index (χ0n) is 9.41. The molecule has 0 atom stereocenters. The van der Waals surface area contributed by atoms with Gasteiger partial charge >= 0.3 is 0 Å². The summed E-state index contributed by atoms with van der Waals surface area (Å²) < 4.78 is 0. The zero-order chi connectivity index (χ0) is 13.0. The molecule has 0 aliphatic carbocycles. The first-order chi connectivity index (χ1) is 8.66. The maximum atomic E-state index is 10.8. The SMILES string of the molecule is Nc1cncc(NCc2ccccc2[N+](=O)[O-])n1. The van der Waals surface area contributed by atoms with Gasteiger partial charge in [-0.3, -0.25) is 15.1 Å². The topological polar surface area (TPSA) is 107 Å². The number of nitrogen functional groups attached to an aromatic ring is 1. The predicted octanol–water partition coefficient (Wildman–Crippen LogP) is 1.58. The van der Waals surface area contributed by atoms with Gasteiger partial charge in [-0.2, -0.15) is 0 Å². The molecule has 0 aliphatic rings. The number of nitrogens with one attached hydrogen (secondary N) is 1. The zero-order valence-corrected chi connectivity index (χ0v) is 9.41. The molecule has 0 bridgehead atoms. The van der Waals surface area contributed by atoms with Crippen molar-refractivity contribution in [3.8, 4) is 0 Å². The van der Waals surface area contributed by atoms with Crippen LogP contribution < -0.4 is 11.1 Å². The number of rotatable bonds is 4. The highest BCUT2D eigenvalue weighted by atomic mass is 16.6. The molecule has 0 aliphatic heterocycles. The van der Waals surface area contributed by atoms with Crippen LogP contribution >= 0.6 is 0 Å². The summed E-state index contributed by atoms with van der Waals surface area (Å²) in [6.07, 6.45) is 2.93. The number of nitrogens with two attached hydrogens (primary N) is 1. The van der Waals surface area contributed by atoms with Gasteiger partial charge < -0.3 is 11.1 Å². The Bertz CT molecular complexity index is 573. The largest absolute Gasteiger partial charge is 0.382 e. The van der Waals surface area contributed by atoms with Crippen LogP contribution in [0.25, 0.3) is 0 Å². The lowest BCUT2D eigenvalue weighted by molar-refractivity contribution is -0.385. The van der Waals surface area contributed by atoms with Crippen LogP contribution in [0.3, 0.4) is 0 Å². The highest BCUT2D eigenvalue weighted by molar-refractivity contribution is 5.44. The minimum absolute atomic E-state index is 0.0712. The van der Waals surface area contributed by atoms with Crippen LogP contribution in [0.2, 0.25) is 0 Å². The molecule has 92 valence electrons. The van der Waals surface area contributed by atoms with Gasteiger partial charge in [0.25, 0.3) is 5.69 Å². The summed E-state index contributed by atoms with van der Waals surface area (Å²) in [6.45, 7) is 0.287. The normalized spacial score (nSPS) is 10.0. The van der Waals surface area contributed by atoms with Crippen LogP contribution in [0.5, 0.6) is 0 Å². The molecule has 1 heterocycles. The standard InChI is InChI=1S/C11H11N5O2/c12-10-6-13-7-11(15-10)14-5-8-3-1-2-4-9(8)16(17)18/h1-4,6-7H,5H2,(H3,12,14,15). The van der Waals surface area contributed by atoms with Gasteiger partial charge in [0.2, 0.25) is 0 Å². The molecule has 0 saturated heterocycles. The Morgan fingerprint density at radius 3 is 2.83 bits per heavy atom. The van der Waals surface area contributed by atoms with Crippen molar-refractivity contribution < 1.29 is 4.92 Å². The van der Waals surface area contributed by atoms with Crippen molar-refractivity contribution >= 4 is 17.3 Å². The number of hydrogen-bond acceptors (Lipinski definition) is 6. The Morgan fingerprint density at radius 1 is 1.33 bits per heavy atom. The van der Waals surface area contributed by atoms with Crippen molar-refractivity contribution in [2.75, 3.05) is 11.1 Å². The van der Waals surface area contributed by atoms with E-state index in [4.69, 9.17) is 5.73 Å². The van der Waals surface area contributed by atoms with E-state index in [1.165, 1.54) is 18.5 Å². The van der Waals surface area contributed by atoms with Crippen molar-refractivity contribution in [2.24, 2.45) is 0 Å². The average Bonchev–Trinajstić information content (AvgIpc) is 2.37. The fourth-order valence-electron chi connectivity index (χ4n) is 1.49. The highest BCUT2D eigenvalue weighted by Crippen LogP contribution is 2.18. The van der Waals surface area contributed by atoms with E-state index >= 15 is 0 Å². The summed E-state index contributed by atoms with van der Waals surface area (Å²) in [7, 11) is 0. The third kappa shape index (κ3) is 2.70. The van der Waals surface area contributed by atoms with Gasteiger partial charge in [0.15, 0.2) is 0 Å². The quantitative estimate of drug-likeness (QED) is 0.625. The molecule has 3 N–H and O–H groups in total. The molecule has 0 radical (unpaired) electrons. The molecule has 0 amide bonds. The van der Waals surface area contributed by atoms with Gasteiger partial charge in [0, 0.05) is 18.2 Å². The lowest BCUT2D eigenvalue weighted by Crippen LogP contribution is -2.05. The first kappa shape index (κ1) is 11.8. The van der Waals surface area contributed by atoms with E-state index in [0.29, 0.717) is 17.2 Å². The van der Waals surface area contributed by atoms with Crippen molar-refractivity contribution in [3.63, 3.8) is 0 Å². The van der Waals surface area contributed by atoms with Crippen molar-refractivity contribution in [3.05, 3.63) is 52.3 Å². The molecule has 0 fully saturated rings. The molecule has 1 aromatic carbocycles. The summed E-state index contributed by atoms with van der Waals surface area (Å²) in [5, 5.41) is 13.8. The first-order valence-electron chi connectivity index (χ1n) is 5.20. The number of aromatic nitrogens is 2. The third-order valence-electron chi connectivity index (χ3n) is 2.30. The van der Waals surface area contributed by atoms with Crippen LogP contribution in [0.4, 0.5) is 17.3 Å². The number of nitrogens with zero attached hydrogens (tertiary/aromatic N) is 3. The lowest BCUT2D eigenvalue weighted by Gasteiger charge is -2.06. The Kier molecular flexibility index (Phi) is 3.33. The second kappa shape index (κ2) is 5.09. The summed E-state index contributed by atoms with van der Waals surface area (Å²) >= 11 is 0. The van der Waals surface area contributed by atoms with E-state index in [9.17, 15) is 10.1 Å². The van der Waals surface area contributed by atoms with Gasteiger partial charge in [-0.25, -0.2) is 4.98 Å². The Labute approximate surface area is 103 Å². The molecule has 0 spiro atoms. The number of anilines is 2. The second-order valence-electron chi connectivity index (χ2n) is 3.57. The van der Waals surface area contributed by atoms with E-state index < -0.39 is 4.92 Å². The first-order valence-corrected chi connectivity index (χ1v) is 5.20. The maximum Gasteiger partial charge on any atom is 0.274 e. The molecular weight excluding hydrogens is 234 g/mol. The molecule has 0 unspecified atom stereocenters. The minimum Gasteiger partial charge on any atom is -0.382 e. The minimum atomic E-state index is -0.415. The molecule has 7 heteroatoms. The molecule has 0 saturated carbocycles. The van der Waals surface area contributed by atoms with E-state index in [0.717, 1.165) is 0 Å². The van der Waals surface area contributed by atoms with Crippen molar-refractivity contribution in [1.82, 2.24) is 9.97 Å². The smallest absolute Gasteiger partial charge is 0.274 e. The molecule has 2 aromatic rings. The Balaban J connectivity index is 2.13. The van der Waals surface area contributed by atoms with Gasteiger partial charge in [-0.05, 0) is 0 Å². The lowest BCUT2D eigenvalue weighted by atomic mass is 10.2. The van der Waals surface area contributed by atoms with Gasteiger partial charge in [-0.1, -0.05) is 18.2 Å². The Hall–Kier alpha value is -2.70. The summed E-state index contributed by atoms with van der Waals surface area (Å²) in [5.41, 5.74) is 6.13. The van der Waals surface area contributed by atoms with E-state index in [-0.39, 0.29) is 12.2 Å². The number of nitro benzene ring substituents is 1. The van der Waals surface area contributed by atoms with Gasteiger partial charge in [0.05, 0.1) is 17.3 Å². The fourth-order valence-corrected chi connectivity index (χ4v) is 1.49. The molecular formula is C11H11N5O2. The number of nitro groups is 1. The molecule has 7 nitrogen and oxygen atoms in total. The van der Waals surface area contributed by atoms with Crippen molar-refractivity contribution in [2.45, 2.75) is 6.54 Å². The summed E-state index contributed by atoms with van der Waals surface area (Å²) in [4.78, 5) is 18.3.